The van der Waals surface area contributed by atoms with Crippen LogP contribution in [0.25, 0.3) is 0 Å². The summed E-state index contributed by atoms with van der Waals surface area (Å²) in [6.45, 7) is 3.43. The van der Waals surface area contributed by atoms with Gasteiger partial charge in [-0.25, -0.2) is 9.59 Å². The highest BCUT2D eigenvalue weighted by atomic mass is 19.4. The van der Waals surface area contributed by atoms with Crippen LogP contribution >= 0.6 is 0 Å². The Balaban J connectivity index is 0.000000402. The van der Waals surface area contributed by atoms with Gasteiger partial charge in [0.15, 0.2) is 5.96 Å². The van der Waals surface area contributed by atoms with Crippen LogP contribution in [-0.2, 0) is 38.7 Å². The Hall–Kier alpha value is -4.57. The van der Waals surface area contributed by atoms with Gasteiger partial charge in [-0.2, -0.15) is 26.3 Å². The first-order valence-electron chi connectivity index (χ1n) is 13.1. The monoisotopic (exact) mass is 635 g/mol. The van der Waals surface area contributed by atoms with E-state index in [0.29, 0.717) is 6.54 Å². The van der Waals surface area contributed by atoms with E-state index in [1.165, 1.54) is 11.1 Å². The summed E-state index contributed by atoms with van der Waals surface area (Å²) in [5.74, 6) is -5.56. The number of carbonyl (C=O) groups excluding carboxylic acids is 1. The predicted octanol–water partition coefficient (Wildman–Crippen LogP) is 3.95. The molecule has 0 bridgehead atoms. The average molecular weight is 636 g/mol. The number of nitrogens with two attached hydrogens (primary N) is 1. The molecule has 0 saturated carbocycles. The van der Waals surface area contributed by atoms with Crippen LogP contribution in [0.5, 0.6) is 0 Å². The van der Waals surface area contributed by atoms with Crippen molar-refractivity contribution in [3.63, 3.8) is 0 Å². The molecule has 11 nitrogen and oxygen atoms in total. The molecule has 2 aliphatic heterocycles. The largest absolute Gasteiger partial charge is 0.490 e. The number of anilines is 1. The Morgan fingerprint density at radius 2 is 1.48 bits per heavy atom. The lowest BCUT2D eigenvalue weighted by Crippen LogP contribution is -2.36. The van der Waals surface area contributed by atoms with Crippen molar-refractivity contribution in [3.8, 4) is 0 Å². The molecule has 1 aromatic carbocycles. The molecule has 0 aliphatic carbocycles. The number of alkyl halides is 6. The molecule has 0 spiro atoms. The number of benzene rings is 1. The lowest BCUT2D eigenvalue weighted by atomic mass is 9.96. The van der Waals surface area contributed by atoms with Gasteiger partial charge in [-0.3, -0.25) is 15.2 Å². The highest BCUT2D eigenvalue weighted by molar-refractivity contribution is 5.75. The van der Waals surface area contributed by atoms with Crippen molar-refractivity contribution in [2.45, 2.75) is 51.2 Å². The topological polar surface area (TPSA) is 170 Å². The minimum atomic E-state index is -5.08. The first-order chi connectivity index (χ1) is 20.5. The molecular formula is C27H31F6N5O6. The van der Waals surface area contributed by atoms with Crippen molar-refractivity contribution in [1.29, 1.82) is 5.41 Å². The highest BCUT2D eigenvalue weighted by Crippen LogP contribution is 2.25. The van der Waals surface area contributed by atoms with Gasteiger partial charge in [0.2, 0.25) is 0 Å². The quantitative estimate of drug-likeness (QED) is 0.167. The summed E-state index contributed by atoms with van der Waals surface area (Å²) < 4.78 is 69.1. The Morgan fingerprint density at radius 1 is 0.932 bits per heavy atom. The molecule has 0 atom stereocenters. The zero-order valence-corrected chi connectivity index (χ0v) is 23.2. The van der Waals surface area contributed by atoms with Gasteiger partial charge in [0.1, 0.15) is 6.61 Å². The van der Waals surface area contributed by atoms with Gasteiger partial charge in [-0.05, 0) is 54.5 Å². The van der Waals surface area contributed by atoms with Crippen LogP contribution < -0.4 is 10.6 Å². The van der Waals surface area contributed by atoms with Gasteiger partial charge in [-0.1, -0.05) is 18.2 Å². The number of carboxylic acids is 2. The van der Waals surface area contributed by atoms with Gasteiger partial charge in [0.25, 0.3) is 0 Å². The number of fused-ring (bicyclic) bond motifs is 1. The van der Waals surface area contributed by atoms with Crippen LogP contribution in [0.2, 0.25) is 0 Å². The summed E-state index contributed by atoms with van der Waals surface area (Å²) in [5.41, 5.74) is 10.3. The van der Waals surface area contributed by atoms with E-state index in [2.05, 4.69) is 22.0 Å². The summed E-state index contributed by atoms with van der Waals surface area (Å²) in [6, 6.07) is 10.3. The highest BCUT2D eigenvalue weighted by Gasteiger charge is 2.39. The maximum atomic E-state index is 12.6. The third-order valence-corrected chi connectivity index (χ3v) is 6.57. The third-order valence-electron chi connectivity index (χ3n) is 6.57. The number of esters is 1. The molecule has 44 heavy (non-hydrogen) atoms. The molecule has 5 N–H and O–H groups in total. The summed E-state index contributed by atoms with van der Waals surface area (Å²) >= 11 is 0. The number of aliphatic carboxylic acids is 2. The second-order valence-corrected chi connectivity index (χ2v) is 9.69. The first kappa shape index (κ1) is 35.6. The molecule has 0 unspecified atom stereocenters. The third kappa shape index (κ3) is 11.6. The van der Waals surface area contributed by atoms with E-state index in [-0.39, 0.29) is 24.5 Å². The number of aromatic nitrogens is 1. The van der Waals surface area contributed by atoms with Gasteiger partial charge in [0, 0.05) is 44.3 Å². The Labute approximate surface area is 247 Å². The molecule has 1 aromatic heterocycles. The molecule has 1 saturated heterocycles. The van der Waals surface area contributed by atoms with Crippen molar-refractivity contribution in [2.24, 2.45) is 11.7 Å². The number of carboxylic acid groups (broad SMARTS) is 2. The van der Waals surface area contributed by atoms with Gasteiger partial charge >= 0.3 is 30.3 Å². The summed E-state index contributed by atoms with van der Waals surface area (Å²) in [4.78, 5) is 38.6. The minimum Gasteiger partial charge on any atom is -0.475 e. The summed E-state index contributed by atoms with van der Waals surface area (Å²) in [6.07, 6.45) is -3.00. The Kier molecular flexibility index (Phi) is 12.8. The summed E-state index contributed by atoms with van der Waals surface area (Å²) in [7, 11) is 0. The Bertz CT molecular complexity index is 1260. The number of piperidine rings is 1. The molecule has 2 aromatic rings. The van der Waals surface area contributed by atoms with Crippen LogP contribution in [0.3, 0.4) is 0 Å². The van der Waals surface area contributed by atoms with Crippen molar-refractivity contribution in [1.82, 2.24) is 9.88 Å². The van der Waals surface area contributed by atoms with Gasteiger partial charge < -0.3 is 30.5 Å². The van der Waals surface area contributed by atoms with Crippen LogP contribution in [0, 0.1) is 11.3 Å². The lowest BCUT2D eigenvalue weighted by Gasteiger charge is -2.32. The number of hydrogen-bond acceptors (Lipinski definition) is 7. The number of rotatable bonds is 4. The van der Waals surface area contributed by atoms with E-state index >= 15 is 0 Å². The van der Waals surface area contributed by atoms with E-state index in [4.69, 9.17) is 35.7 Å². The molecule has 4 rings (SSSR count). The zero-order chi connectivity index (χ0) is 33.1. The van der Waals surface area contributed by atoms with Crippen molar-refractivity contribution in [3.05, 3.63) is 59.4 Å². The van der Waals surface area contributed by atoms with E-state index in [9.17, 15) is 31.1 Å². The number of nitrogens with zero attached hydrogens (tertiary/aromatic N) is 3. The minimum absolute atomic E-state index is 0.0443. The van der Waals surface area contributed by atoms with E-state index in [0.717, 1.165) is 56.6 Å². The number of ether oxygens (including phenoxy) is 1. The second kappa shape index (κ2) is 15.8. The molecule has 0 amide bonds. The van der Waals surface area contributed by atoms with Crippen LogP contribution in [0.1, 0.15) is 36.0 Å². The van der Waals surface area contributed by atoms with E-state index in [1.54, 1.807) is 12.4 Å². The Morgan fingerprint density at radius 3 is 1.98 bits per heavy atom. The normalized spacial score (nSPS) is 15.3. The SMILES string of the molecule is N=C(N)N1CCCc2ccc(COC(=O)C3CCN(c4ccncc4)CC3)cc2C1.O=C(O)C(F)(F)F.O=C(O)C(F)(F)F. The lowest BCUT2D eigenvalue weighted by molar-refractivity contribution is -0.193. The standard InChI is InChI=1S/C23H29N5O2.2C2HF3O2/c24-23(25)28-11-1-2-18-4-3-17(14-20(18)15-28)16-30-22(29)19-7-12-27(13-8-19)21-5-9-26-10-6-21;2*3-2(4,5)1(6)7/h3-6,9-10,14,19H,1-2,7-8,11-13,15-16H2,(H3,24,25);2*(H,6,7). The van der Waals surface area contributed by atoms with Crippen LogP contribution in [-0.4, -0.2) is 76.0 Å². The second-order valence-electron chi connectivity index (χ2n) is 9.69. The number of nitrogens with one attached hydrogen (secondary N) is 1. The van der Waals surface area contributed by atoms with E-state index < -0.39 is 24.3 Å². The maximum Gasteiger partial charge on any atom is 0.490 e. The van der Waals surface area contributed by atoms with Crippen LogP contribution in [0.15, 0.2) is 42.7 Å². The van der Waals surface area contributed by atoms with Crippen LogP contribution in [0.4, 0.5) is 32.0 Å². The molecule has 0 radical (unpaired) electrons. The van der Waals surface area contributed by atoms with Crippen molar-refractivity contribution in [2.75, 3.05) is 24.5 Å². The number of aryl methyl sites for hydroxylation is 1. The van der Waals surface area contributed by atoms with Crippen molar-refractivity contribution < 1.29 is 55.7 Å². The molecule has 3 heterocycles. The predicted molar refractivity (Wildman–Crippen MR) is 143 cm³/mol. The van der Waals surface area contributed by atoms with Gasteiger partial charge in [-0.15, -0.1) is 0 Å². The number of guanidine groups is 1. The average Bonchev–Trinajstić information content (AvgIpc) is 3.18. The first-order valence-corrected chi connectivity index (χ1v) is 13.1. The van der Waals surface area contributed by atoms with Gasteiger partial charge in [0.05, 0.1) is 5.92 Å². The molecular weight excluding hydrogens is 604 g/mol. The maximum absolute atomic E-state index is 12.6. The fraction of sp³-hybridized carbons (Fsp3) is 0.444. The summed E-state index contributed by atoms with van der Waals surface area (Å²) in [5, 5.41) is 22.0. The molecule has 242 valence electrons. The molecule has 17 heteroatoms. The number of carbonyl (C=O) groups is 3. The zero-order valence-electron chi connectivity index (χ0n) is 23.2. The molecule has 2 aliphatic rings. The van der Waals surface area contributed by atoms with Crippen molar-refractivity contribution >= 4 is 29.6 Å². The fourth-order valence-corrected chi connectivity index (χ4v) is 4.31. The smallest absolute Gasteiger partial charge is 0.475 e. The number of hydrogen-bond donors (Lipinski definition) is 4. The van der Waals surface area contributed by atoms with E-state index in [1.807, 2.05) is 23.1 Å². The number of pyridine rings is 1. The molecule has 1 fully saturated rings. The fourth-order valence-electron chi connectivity index (χ4n) is 4.31. The number of halogens is 6.